The van der Waals surface area contributed by atoms with E-state index in [1.165, 1.54) is 23.4 Å². The van der Waals surface area contributed by atoms with Crippen molar-refractivity contribution >= 4 is 40.7 Å². The Bertz CT molecular complexity index is 932. The summed E-state index contributed by atoms with van der Waals surface area (Å²) in [7, 11) is 0. The summed E-state index contributed by atoms with van der Waals surface area (Å²) in [6, 6.07) is 11.2. The molecular weight excluding hydrogens is 411 g/mol. The van der Waals surface area contributed by atoms with Crippen molar-refractivity contribution in [2.24, 2.45) is 0 Å². The molecule has 1 aromatic heterocycles. The maximum absolute atomic E-state index is 12.4. The number of nitrogens with one attached hydrogen (secondary N) is 1. The van der Waals surface area contributed by atoms with Crippen molar-refractivity contribution in [3.63, 3.8) is 0 Å². The number of benzene rings is 2. The van der Waals surface area contributed by atoms with Crippen LogP contribution in [0.4, 0.5) is 0 Å². The standard InChI is InChI=1S/C18H15Cl3N4O2/c19-13-3-1-12(2-4-13)17(26)23-8-18(27,9-25-11-22-10-24-25)15-6-5-14(20)7-16(15)21/h1-7,10-11,27H,8-9H2,(H,23,26). The first kappa shape index (κ1) is 19.6. The topological polar surface area (TPSA) is 80.0 Å². The zero-order valence-corrected chi connectivity index (χ0v) is 16.2. The summed E-state index contributed by atoms with van der Waals surface area (Å²) in [5.74, 6) is -0.353. The van der Waals surface area contributed by atoms with E-state index in [1.54, 1.807) is 36.4 Å². The fraction of sp³-hybridized carbons (Fsp3) is 0.167. The minimum Gasteiger partial charge on any atom is -0.381 e. The normalized spacial score (nSPS) is 13.2. The summed E-state index contributed by atoms with van der Waals surface area (Å²) in [4.78, 5) is 16.3. The van der Waals surface area contributed by atoms with Crippen LogP contribution in [0.3, 0.4) is 0 Å². The van der Waals surface area contributed by atoms with E-state index in [9.17, 15) is 9.90 Å². The molecule has 2 aromatic carbocycles. The third kappa shape index (κ3) is 4.78. The molecule has 0 spiro atoms. The second-order valence-electron chi connectivity index (χ2n) is 5.94. The van der Waals surface area contributed by atoms with Gasteiger partial charge in [-0.25, -0.2) is 9.67 Å². The Labute approximate surface area is 170 Å². The van der Waals surface area contributed by atoms with Crippen LogP contribution in [-0.4, -0.2) is 32.3 Å². The van der Waals surface area contributed by atoms with Crippen LogP contribution in [0.5, 0.6) is 0 Å². The van der Waals surface area contributed by atoms with Gasteiger partial charge in [-0.3, -0.25) is 4.79 Å². The number of halogens is 3. The van der Waals surface area contributed by atoms with E-state index in [0.717, 1.165) is 0 Å². The fourth-order valence-electron chi connectivity index (χ4n) is 2.62. The lowest BCUT2D eigenvalue weighted by Gasteiger charge is -2.29. The van der Waals surface area contributed by atoms with E-state index < -0.39 is 5.60 Å². The van der Waals surface area contributed by atoms with Gasteiger partial charge in [-0.2, -0.15) is 5.10 Å². The molecule has 140 valence electrons. The second-order valence-corrected chi connectivity index (χ2v) is 7.22. The number of aliphatic hydroxyl groups is 1. The molecule has 1 atom stereocenters. The Hall–Kier alpha value is -2.12. The molecule has 9 heteroatoms. The number of amides is 1. The molecule has 3 rings (SSSR count). The summed E-state index contributed by atoms with van der Waals surface area (Å²) in [5.41, 5.74) is -0.692. The molecule has 0 fully saturated rings. The summed E-state index contributed by atoms with van der Waals surface area (Å²) >= 11 is 18.1. The quantitative estimate of drug-likeness (QED) is 0.633. The Kier molecular flexibility index (Phi) is 6.01. The Morgan fingerprint density at radius 2 is 1.81 bits per heavy atom. The van der Waals surface area contributed by atoms with E-state index >= 15 is 0 Å². The summed E-state index contributed by atoms with van der Waals surface area (Å²) in [6.07, 6.45) is 2.83. The van der Waals surface area contributed by atoms with Crippen LogP contribution in [-0.2, 0) is 12.1 Å². The van der Waals surface area contributed by atoms with E-state index in [0.29, 0.717) is 21.2 Å². The predicted octanol–water partition coefficient (Wildman–Crippen LogP) is 3.56. The maximum atomic E-state index is 12.4. The Morgan fingerprint density at radius 3 is 2.44 bits per heavy atom. The van der Waals surface area contributed by atoms with Gasteiger partial charge in [-0.05, 0) is 36.4 Å². The fourth-order valence-corrected chi connectivity index (χ4v) is 3.33. The zero-order valence-electron chi connectivity index (χ0n) is 13.9. The molecule has 0 aliphatic carbocycles. The third-order valence-corrected chi connectivity index (χ3v) is 4.77. The van der Waals surface area contributed by atoms with Gasteiger partial charge in [-0.15, -0.1) is 0 Å². The van der Waals surface area contributed by atoms with Gasteiger partial charge in [0.15, 0.2) is 0 Å². The van der Waals surface area contributed by atoms with Gasteiger partial charge in [0.25, 0.3) is 5.91 Å². The van der Waals surface area contributed by atoms with Gasteiger partial charge in [0.05, 0.1) is 13.1 Å². The van der Waals surface area contributed by atoms with E-state index in [2.05, 4.69) is 15.4 Å². The van der Waals surface area contributed by atoms with Crippen LogP contribution in [0.1, 0.15) is 15.9 Å². The minimum absolute atomic E-state index is 0.0370. The molecule has 3 aromatic rings. The number of hydrogen-bond acceptors (Lipinski definition) is 4. The lowest BCUT2D eigenvalue weighted by atomic mass is 9.93. The molecule has 27 heavy (non-hydrogen) atoms. The third-order valence-electron chi connectivity index (χ3n) is 3.97. The minimum atomic E-state index is -1.53. The van der Waals surface area contributed by atoms with Gasteiger partial charge in [0.1, 0.15) is 18.3 Å². The number of carbonyl (C=O) groups is 1. The maximum Gasteiger partial charge on any atom is 0.251 e. The van der Waals surface area contributed by atoms with Crippen molar-refractivity contribution < 1.29 is 9.90 Å². The number of rotatable bonds is 6. The van der Waals surface area contributed by atoms with Crippen molar-refractivity contribution in [2.45, 2.75) is 12.1 Å². The average molecular weight is 426 g/mol. The molecule has 1 amide bonds. The van der Waals surface area contributed by atoms with Crippen molar-refractivity contribution in [3.05, 3.63) is 81.3 Å². The molecule has 0 saturated heterocycles. The zero-order chi connectivity index (χ0) is 19.4. The largest absolute Gasteiger partial charge is 0.381 e. The highest BCUT2D eigenvalue weighted by atomic mass is 35.5. The van der Waals surface area contributed by atoms with Crippen LogP contribution >= 0.6 is 34.8 Å². The Morgan fingerprint density at radius 1 is 1.11 bits per heavy atom. The number of nitrogens with zero attached hydrogens (tertiary/aromatic N) is 3. The highest BCUT2D eigenvalue weighted by molar-refractivity contribution is 6.35. The molecule has 0 aliphatic heterocycles. The molecule has 1 heterocycles. The molecule has 0 bridgehead atoms. The average Bonchev–Trinajstić information content (AvgIpc) is 3.13. The van der Waals surface area contributed by atoms with Gasteiger partial charge in [-0.1, -0.05) is 40.9 Å². The summed E-state index contributed by atoms with van der Waals surface area (Å²) in [5, 5.41) is 19.3. The van der Waals surface area contributed by atoms with E-state index in [1.807, 2.05) is 0 Å². The highest BCUT2D eigenvalue weighted by Gasteiger charge is 2.33. The van der Waals surface area contributed by atoms with Gasteiger partial charge < -0.3 is 10.4 Å². The van der Waals surface area contributed by atoms with Crippen LogP contribution in [0.2, 0.25) is 15.1 Å². The Balaban J connectivity index is 1.85. The molecule has 2 N–H and O–H groups in total. The summed E-state index contributed by atoms with van der Waals surface area (Å²) in [6.45, 7) is -0.0646. The van der Waals surface area contributed by atoms with Gasteiger partial charge in [0.2, 0.25) is 0 Å². The van der Waals surface area contributed by atoms with Crippen molar-refractivity contribution in [1.82, 2.24) is 20.1 Å². The first-order chi connectivity index (χ1) is 12.9. The first-order valence-corrected chi connectivity index (χ1v) is 9.05. The van der Waals surface area contributed by atoms with Crippen LogP contribution < -0.4 is 5.32 Å². The second kappa shape index (κ2) is 8.27. The molecule has 0 saturated carbocycles. The number of hydrogen-bond donors (Lipinski definition) is 2. The molecule has 0 aliphatic rings. The molecule has 1 unspecified atom stereocenters. The monoisotopic (exact) mass is 424 g/mol. The first-order valence-electron chi connectivity index (χ1n) is 7.91. The molecule has 6 nitrogen and oxygen atoms in total. The van der Waals surface area contributed by atoms with Crippen molar-refractivity contribution in [1.29, 1.82) is 0 Å². The lowest BCUT2D eigenvalue weighted by molar-refractivity contribution is 0.0153. The van der Waals surface area contributed by atoms with Crippen molar-refractivity contribution in [3.8, 4) is 0 Å². The van der Waals surface area contributed by atoms with Crippen LogP contribution in [0.15, 0.2) is 55.1 Å². The molecular formula is C18H15Cl3N4O2. The highest BCUT2D eigenvalue weighted by Crippen LogP contribution is 2.31. The summed E-state index contributed by atoms with van der Waals surface area (Å²) < 4.78 is 1.46. The molecule has 0 radical (unpaired) electrons. The van der Waals surface area contributed by atoms with Crippen LogP contribution in [0.25, 0.3) is 0 Å². The SMILES string of the molecule is O=C(NCC(O)(Cn1cncn1)c1ccc(Cl)cc1Cl)c1ccc(Cl)cc1. The van der Waals surface area contributed by atoms with Gasteiger partial charge in [0, 0.05) is 26.2 Å². The van der Waals surface area contributed by atoms with E-state index in [-0.39, 0.29) is 24.0 Å². The van der Waals surface area contributed by atoms with Crippen molar-refractivity contribution in [2.75, 3.05) is 6.54 Å². The van der Waals surface area contributed by atoms with E-state index in [4.69, 9.17) is 34.8 Å². The lowest BCUT2D eigenvalue weighted by Crippen LogP contribution is -2.44. The predicted molar refractivity (Wildman–Crippen MR) is 104 cm³/mol. The number of carbonyl (C=O) groups excluding carboxylic acids is 1. The number of aromatic nitrogens is 3. The smallest absolute Gasteiger partial charge is 0.251 e. The van der Waals surface area contributed by atoms with Crippen LogP contribution in [0, 0.1) is 0 Å². The van der Waals surface area contributed by atoms with Gasteiger partial charge >= 0.3 is 0 Å².